The summed E-state index contributed by atoms with van der Waals surface area (Å²) in [5, 5.41) is 1.05. The lowest BCUT2D eigenvalue weighted by Crippen LogP contribution is -2.19. The van der Waals surface area contributed by atoms with Crippen LogP contribution in [-0.2, 0) is 4.74 Å². The van der Waals surface area contributed by atoms with Crippen LogP contribution < -0.4 is 10.6 Å². The van der Waals surface area contributed by atoms with Crippen LogP contribution in [-0.4, -0.2) is 32.9 Å². The number of methoxy groups -OCH3 is 1. The van der Waals surface area contributed by atoms with Gasteiger partial charge in [-0.25, -0.2) is 4.79 Å². The molecule has 1 rings (SSSR count). The lowest BCUT2D eigenvalue weighted by molar-refractivity contribution is 0.0607. The van der Waals surface area contributed by atoms with Crippen molar-refractivity contribution >= 4 is 39.8 Å². The summed E-state index contributed by atoms with van der Waals surface area (Å²) in [4.78, 5) is 15.3. The highest BCUT2D eigenvalue weighted by Gasteiger charge is 2.23. The Balaban J connectivity index is 3.03. The number of carbonyl (C=O) groups excluding carboxylic acids is 1. The fourth-order valence-electron chi connectivity index (χ4n) is 1.66. The second-order valence-corrected chi connectivity index (χ2v) is 6.59. The third-order valence-electron chi connectivity index (χ3n) is 2.85. The molecule has 19 heavy (non-hydrogen) atoms. The molecule has 108 valence electrons. The van der Waals surface area contributed by atoms with Crippen LogP contribution in [0.25, 0.3) is 0 Å². The van der Waals surface area contributed by atoms with Crippen LogP contribution in [0.5, 0.6) is 0 Å². The van der Waals surface area contributed by atoms with Crippen LogP contribution in [0.2, 0.25) is 0 Å². The number of hydrogen-bond acceptors (Lipinski definition) is 6. The zero-order chi connectivity index (χ0) is 14.6. The highest BCUT2D eigenvalue weighted by Crippen LogP contribution is 2.43. The molecule has 1 aromatic heterocycles. The molecule has 0 atom stereocenters. The molecule has 0 radical (unpaired) electrons. The Kier molecular flexibility index (Phi) is 6.00. The lowest BCUT2D eigenvalue weighted by Gasteiger charge is -2.19. The van der Waals surface area contributed by atoms with E-state index in [4.69, 9.17) is 10.5 Å². The van der Waals surface area contributed by atoms with E-state index in [1.807, 2.05) is 13.3 Å². The second kappa shape index (κ2) is 7.05. The summed E-state index contributed by atoms with van der Waals surface area (Å²) >= 11 is 2.98. The van der Waals surface area contributed by atoms with Gasteiger partial charge in [-0.1, -0.05) is 13.8 Å². The Morgan fingerprint density at radius 2 is 2.16 bits per heavy atom. The molecule has 4 nitrogen and oxygen atoms in total. The van der Waals surface area contributed by atoms with Crippen molar-refractivity contribution in [3.8, 4) is 0 Å². The minimum absolute atomic E-state index is 0.360. The minimum Gasteiger partial charge on any atom is -0.465 e. The van der Waals surface area contributed by atoms with Crippen LogP contribution in [0, 0.1) is 5.92 Å². The molecule has 0 fully saturated rings. The molecule has 0 saturated heterocycles. The average Bonchev–Trinajstić information content (AvgIpc) is 2.72. The Bertz CT molecular complexity index is 444. The Morgan fingerprint density at radius 3 is 2.63 bits per heavy atom. The zero-order valence-electron chi connectivity index (χ0n) is 12.1. The van der Waals surface area contributed by atoms with Gasteiger partial charge in [0, 0.05) is 13.6 Å². The monoisotopic (exact) mass is 302 g/mol. The smallest absolute Gasteiger partial charge is 0.350 e. The number of ether oxygens (including phenoxy) is 1. The van der Waals surface area contributed by atoms with Crippen molar-refractivity contribution in [3.05, 3.63) is 4.88 Å². The molecule has 0 aliphatic carbocycles. The van der Waals surface area contributed by atoms with Crippen LogP contribution in [0.4, 0.5) is 10.7 Å². The first-order valence-electron chi connectivity index (χ1n) is 6.18. The van der Waals surface area contributed by atoms with Crippen molar-refractivity contribution < 1.29 is 9.53 Å². The molecule has 0 aliphatic heterocycles. The molecule has 0 spiro atoms. The van der Waals surface area contributed by atoms with Gasteiger partial charge in [0.25, 0.3) is 0 Å². The summed E-state index contributed by atoms with van der Waals surface area (Å²) in [5.74, 6) is 0.291. The largest absolute Gasteiger partial charge is 0.465 e. The van der Waals surface area contributed by atoms with Gasteiger partial charge in [0.05, 0.1) is 17.7 Å². The van der Waals surface area contributed by atoms with Gasteiger partial charge in [-0.3, -0.25) is 0 Å². The SMILES string of the molecule is COC(=O)c1sc(N(C)CCC(C)C)c(SC)c1N. The van der Waals surface area contributed by atoms with E-state index < -0.39 is 0 Å². The molecule has 2 N–H and O–H groups in total. The first-order valence-corrected chi connectivity index (χ1v) is 8.22. The van der Waals surface area contributed by atoms with Crippen LogP contribution in [0.15, 0.2) is 4.90 Å². The number of nitrogen functional groups attached to an aromatic ring is 1. The van der Waals surface area contributed by atoms with E-state index in [-0.39, 0.29) is 5.97 Å². The molecule has 0 saturated carbocycles. The fraction of sp³-hybridized carbons (Fsp3) is 0.615. The molecule has 0 bridgehead atoms. The first kappa shape index (κ1) is 16.2. The highest BCUT2D eigenvalue weighted by atomic mass is 32.2. The van der Waals surface area contributed by atoms with Crippen LogP contribution in [0.1, 0.15) is 29.9 Å². The van der Waals surface area contributed by atoms with Crippen molar-refractivity contribution in [1.82, 2.24) is 0 Å². The highest BCUT2D eigenvalue weighted by molar-refractivity contribution is 7.99. The number of esters is 1. The third kappa shape index (κ3) is 3.79. The quantitative estimate of drug-likeness (QED) is 0.645. The van der Waals surface area contributed by atoms with Crippen molar-refractivity contribution in [2.75, 3.05) is 37.6 Å². The van der Waals surface area contributed by atoms with Gasteiger partial charge in [0.15, 0.2) is 0 Å². The van der Waals surface area contributed by atoms with Gasteiger partial charge < -0.3 is 15.4 Å². The molecular weight excluding hydrogens is 280 g/mol. The number of hydrogen-bond donors (Lipinski definition) is 1. The molecule has 0 amide bonds. The van der Waals surface area contributed by atoms with Gasteiger partial charge in [-0.2, -0.15) is 0 Å². The van der Waals surface area contributed by atoms with Gasteiger partial charge in [-0.15, -0.1) is 23.1 Å². The van der Waals surface area contributed by atoms with Gasteiger partial charge in [0.2, 0.25) is 0 Å². The number of thioether (sulfide) groups is 1. The molecular formula is C13H22N2O2S2. The van der Waals surface area contributed by atoms with E-state index in [0.29, 0.717) is 16.5 Å². The van der Waals surface area contributed by atoms with E-state index in [9.17, 15) is 4.79 Å². The maximum Gasteiger partial charge on any atom is 0.350 e. The van der Waals surface area contributed by atoms with E-state index in [1.54, 1.807) is 11.8 Å². The molecule has 1 aromatic rings. The van der Waals surface area contributed by atoms with Crippen LogP contribution >= 0.6 is 23.1 Å². The van der Waals surface area contributed by atoms with E-state index in [1.165, 1.54) is 18.4 Å². The summed E-state index contributed by atoms with van der Waals surface area (Å²) < 4.78 is 4.77. The Labute approximate surface area is 123 Å². The molecule has 0 aromatic carbocycles. The van der Waals surface area contributed by atoms with Crippen molar-refractivity contribution in [3.63, 3.8) is 0 Å². The topological polar surface area (TPSA) is 55.6 Å². The second-order valence-electron chi connectivity index (χ2n) is 4.78. The lowest BCUT2D eigenvalue weighted by atomic mass is 10.1. The normalized spacial score (nSPS) is 10.8. The number of anilines is 2. The standard InChI is InChI=1S/C13H22N2O2S2/c1-8(2)6-7-15(3)12-10(18-5)9(14)11(19-12)13(16)17-4/h8H,6-7,14H2,1-5H3. The number of thiophene rings is 1. The number of rotatable bonds is 6. The summed E-state index contributed by atoms with van der Waals surface area (Å²) in [5.41, 5.74) is 6.58. The summed E-state index contributed by atoms with van der Waals surface area (Å²) in [6.45, 7) is 5.35. The number of nitrogens with two attached hydrogens (primary N) is 1. The van der Waals surface area contributed by atoms with Crippen molar-refractivity contribution in [2.24, 2.45) is 5.92 Å². The molecule has 0 aliphatic rings. The average molecular weight is 302 g/mol. The maximum atomic E-state index is 11.7. The van der Waals surface area contributed by atoms with Gasteiger partial charge in [0.1, 0.15) is 9.88 Å². The van der Waals surface area contributed by atoms with E-state index in [0.717, 1.165) is 22.9 Å². The first-order chi connectivity index (χ1) is 8.92. The zero-order valence-corrected chi connectivity index (χ0v) is 13.8. The molecule has 1 heterocycles. The van der Waals surface area contributed by atoms with Gasteiger partial charge >= 0.3 is 5.97 Å². The number of carbonyl (C=O) groups is 1. The van der Waals surface area contributed by atoms with Crippen molar-refractivity contribution in [2.45, 2.75) is 25.2 Å². The predicted molar refractivity (Wildman–Crippen MR) is 84.6 cm³/mol. The summed E-state index contributed by atoms with van der Waals surface area (Å²) in [6.07, 6.45) is 3.08. The maximum absolute atomic E-state index is 11.7. The minimum atomic E-state index is -0.360. The summed E-state index contributed by atoms with van der Waals surface area (Å²) in [7, 11) is 3.41. The third-order valence-corrected chi connectivity index (χ3v) is 5.10. The van der Waals surface area contributed by atoms with Gasteiger partial charge in [-0.05, 0) is 18.6 Å². The van der Waals surface area contributed by atoms with Crippen molar-refractivity contribution in [1.29, 1.82) is 0 Å². The molecule has 0 unspecified atom stereocenters. The Hall–Kier alpha value is -0.880. The van der Waals surface area contributed by atoms with E-state index >= 15 is 0 Å². The Morgan fingerprint density at radius 1 is 1.53 bits per heavy atom. The summed E-state index contributed by atoms with van der Waals surface area (Å²) in [6, 6.07) is 0. The fourth-order valence-corrected chi connectivity index (χ4v) is 3.78. The number of nitrogens with zero attached hydrogens (tertiary/aromatic N) is 1. The van der Waals surface area contributed by atoms with E-state index in [2.05, 4.69) is 18.7 Å². The predicted octanol–water partition coefficient (Wildman–Crippen LogP) is 3.32. The van der Waals surface area contributed by atoms with Crippen LogP contribution in [0.3, 0.4) is 0 Å². The molecule has 6 heteroatoms.